The van der Waals surface area contributed by atoms with Crippen LogP contribution in [0.15, 0.2) is 133 Å². The number of thiophene rings is 1. The summed E-state index contributed by atoms with van der Waals surface area (Å²) in [7, 11) is 0. The first-order chi connectivity index (χ1) is 21.2. The van der Waals surface area contributed by atoms with Crippen molar-refractivity contribution in [2.45, 2.75) is 0 Å². The maximum Gasteiger partial charge on any atom is 0.0434 e. The fraction of sp³-hybridized carbons (Fsp3) is 0. The fourth-order valence-electron chi connectivity index (χ4n) is 6.66. The highest BCUT2D eigenvalue weighted by molar-refractivity contribution is 7.26. The van der Waals surface area contributed by atoms with Gasteiger partial charge in [-0.05, 0) is 78.0 Å². The van der Waals surface area contributed by atoms with E-state index in [1.807, 2.05) is 17.4 Å². The van der Waals surface area contributed by atoms with Crippen molar-refractivity contribution < 1.29 is 0 Å². The van der Waals surface area contributed by atoms with E-state index in [2.05, 4.69) is 133 Å². The first-order valence-electron chi connectivity index (χ1n) is 14.5. The van der Waals surface area contributed by atoms with Gasteiger partial charge in [0, 0.05) is 32.0 Å². The molecule has 2 heteroatoms. The Morgan fingerprint density at radius 2 is 1.14 bits per heavy atom. The second kappa shape index (κ2) is 10.2. The Bertz CT molecular complexity index is 2490. The minimum atomic E-state index is 0.936. The van der Waals surface area contributed by atoms with E-state index < -0.39 is 0 Å². The van der Waals surface area contributed by atoms with Crippen LogP contribution in [0.25, 0.3) is 87.8 Å². The number of hydrogen-bond acceptors (Lipinski definition) is 2. The van der Waals surface area contributed by atoms with Gasteiger partial charge in [-0.2, -0.15) is 0 Å². The Balaban J connectivity index is 1.44. The van der Waals surface area contributed by atoms with Gasteiger partial charge in [0.2, 0.25) is 0 Å². The van der Waals surface area contributed by atoms with E-state index in [9.17, 15) is 0 Å². The van der Waals surface area contributed by atoms with Gasteiger partial charge in [-0.3, -0.25) is 0 Å². The monoisotopic (exact) mass is 565 g/mol. The molecule has 1 heterocycles. The van der Waals surface area contributed by atoms with Crippen molar-refractivity contribution in [3.05, 3.63) is 144 Å². The van der Waals surface area contributed by atoms with Gasteiger partial charge in [-0.1, -0.05) is 128 Å². The second-order valence-corrected chi connectivity index (χ2v) is 12.0. The average Bonchev–Trinajstić information content (AvgIpc) is 3.44. The van der Waals surface area contributed by atoms with Crippen LogP contribution in [-0.4, -0.2) is 6.21 Å². The van der Waals surface area contributed by atoms with Crippen molar-refractivity contribution in [3.8, 4) is 33.4 Å². The molecular weight excluding hydrogens is 539 g/mol. The summed E-state index contributed by atoms with van der Waals surface area (Å²) in [6.45, 7) is 4.70. The number of benzene rings is 7. The van der Waals surface area contributed by atoms with Crippen molar-refractivity contribution in [3.63, 3.8) is 0 Å². The molecule has 0 saturated heterocycles. The molecule has 0 amide bonds. The van der Waals surface area contributed by atoms with Gasteiger partial charge in [-0.25, -0.2) is 0 Å². The lowest BCUT2D eigenvalue weighted by atomic mass is 9.87. The number of nitrogens with one attached hydrogen (secondary N) is 1. The SMILES string of the molecule is C=c1c(-c2cccc(-c3cccc4ccccc34)c2)c2ccccc2c(-c2cccc3c2sc2ccccc23)/c1=C/C=N. The minimum absolute atomic E-state index is 0.936. The van der Waals surface area contributed by atoms with Gasteiger partial charge in [0.15, 0.2) is 0 Å². The Labute approximate surface area is 253 Å². The van der Waals surface area contributed by atoms with E-state index in [1.165, 1.54) is 59.2 Å². The van der Waals surface area contributed by atoms with Crippen molar-refractivity contribution in [1.82, 2.24) is 0 Å². The van der Waals surface area contributed by atoms with Crippen LogP contribution in [0.1, 0.15) is 0 Å². The highest BCUT2D eigenvalue weighted by Gasteiger charge is 2.18. The highest BCUT2D eigenvalue weighted by Crippen LogP contribution is 2.41. The molecular formula is C41H27NS. The van der Waals surface area contributed by atoms with Crippen LogP contribution >= 0.6 is 11.3 Å². The zero-order valence-corrected chi connectivity index (χ0v) is 24.3. The van der Waals surface area contributed by atoms with E-state index in [0.717, 1.165) is 32.5 Å². The summed E-state index contributed by atoms with van der Waals surface area (Å²) in [6, 6.07) is 47.8. The van der Waals surface area contributed by atoms with E-state index in [4.69, 9.17) is 12.0 Å². The third-order valence-electron chi connectivity index (χ3n) is 8.54. The summed E-state index contributed by atoms with van der Waals surface area (Å²) < 4.78 is 2.54. The molecule has 0 aliphatic rings. The molecule has 0 atom stereocenters. The van der Waals surface area contributed by atoms with Crippen molar-refractivity contribution in [1.29, 1.82) is 5.41 Å². The first kappa shape index (κ1) is 25.4. The normalized spacial score (nSPS) is 12.0. The van der Waals surface area contributed by atoms with Crippen LogP contribution in [0.4, 0.5) is 0 Å². The van der Waals surface area contributed by atoms with Crippen LogP contribution in [0.5, 0.6) is 0 Å². The molecule has 0 aliphatic carbocycles. The average molecular weight is 566 g/mol. The quantitative estimate of drug-likeness (QED) is 0.205. The van der Waals surface area contributed by atoms with Crippen LogP contribution in [-0.2, 0) is 0 Å². The van der Waals surface area contributed by atoms with Crippen LogP contribution in [0.2, 0.25) is 0 Å². The van der Waals surface area contributed by atoms with Crippen molar-refractivity contribution in [2.24, 2.45) is 0 Å². The Hall–Kier alpha value is -5.31. The number of rotatable bonds is 4. The van der Waals surface area contributed by atoms with Crippen LogP contribution < -0.4 is 10.4 Å². The lowest BCUT2D eigenvalue weighted by Crippen LogP contribution is -2.28. The zero-order chi connectivity index (χ0) is 28.9. The number of hydrogen-bond donors (Lipinski definition) is 1. The lowest BCUT2D eigenvalue weighted by molar-refractivity contribution is 1.53. The highest BCUT2D eigenvalue weighted by atomic mass is 32.1. The molecule has 0 aliphatic heterocycles. The minimum Gasteiger partial charge on any atom is -0.309 e. The van der Waals surface area contributed by atoms with Gasteiger partial charge in [-0.15, -0.1) is 11.3 Å². The van der Waals surface area contributed by atoms with Crippen molar-refractivity contribution in [2.75, 3.05) is 0 Å². The molecule has 8 rings (SSSR count). The standard InChI is InChI=1S/C41H27NS/c1-26-30(23-24-42)40(37-21-10-20-36-33-16-6-7-22-38(33)43-41(36)37)35-18-5-4-17-34(35)39(26)29-14-8-13-28(25-29)32-19-9-12-27-11-2-3-15-31(27)32/h2-25,42H,1H2/b30-23+,42-24?. The summed E-state index contributed by atoms with van der Waals surface area (Å²) in [6.07, 6.45) is 3.30. The molecule has 1 aromatic heterocycles. The summed E-state index contributed by atoms with van der Waals surface area (Å²) in [4.78, 5) is 0. The predicted molar refractivity (Wildman–Crippen MR) is 189 cm³/mol. The van der Waals surface area contributed by atoms with Crippen LogP contribution in [0, 0.1) is 5.41 Å². The Kier molecular flexibility index (Phi) is 6.03. The summed E-state index contributed by atoms with van der Waals surface area (Å²) in [5.41, 5.74) is 6.94. The fourth-order valence-corrected chi connectivity index (χ4v) is 7.89. The third-order valence-corrected chi connectivity index (χ3v) is 9.76. The molecule has 0 bridgehead atoms. The summed E-state index contributed by atoms with van der Waals surface area (Å²) in [5.74, 6) is 0. The molecule has 1 nitrogen and oxygen atoms in total. The maximum absolute atomic E-state index is 8.15. The van der Waals surface area contributed by atoms with E-state index >= 15 is 0 Å². The Morgan fingerprint density at radius 3 is 1.98 bits per heavy atom. The van der Waals surface area contributed by atoms with Gasteiger partial charge < -0.3 is 5.41 Å². The maximum atomic E-state index is 8.15. The molecule has 0 fully saturated rings. The van der Waals surface area contributed by atoms with Gasteiger partial charge in [0.1, 0.15) is 0 Å². The molecule has 1 N–H and O–H groups in total. The van der Waals surface area contributed by atoms with Crippen LogP contribution in [0.3, 0.4) is 0 Å². The zero-order valence-electron chi connectivity index (χ0n) is 23.5. The molecule has 7 aromatic carbocycles. The molecule has 0 radical (unpaired) electrons. The molecule has 0 unspecified atom stereocenters. The van der Waals surface area contributed by atoms with Gasteiger partial charge in [0.05, 0.1) is 0 Å². The topological polar surface area (TPSA) is 23.9 Å². The third kappa shape index (κ3) is 4.03. The van der Waals surface area contributed by atoms with E-state index in [-0.39, 0.29) is 0 Å². The predicted octanol–water partition coefficient (Wildman–Crippen LogP) is 10.2. The first-order valence-corrected chi connectivity index (χ1v) is 15.3. The largest absolute Gasteiger partial charge is 0.309 e. The summed E-state index contributed by atoms with van der Waals surface area (Å²) in [5, 5.41) is 17.4. The molecule has 202 valence electrons. The molecule has 8 aromatic rings. The van der Waals surface area contributed by atoms with E-state index in [1.54, 1.807) is 0 Å². The van der Waals surface area contributed by atoms with Gasteiger partial charge in [0.25, 0.3) is 0 Å². The summed E-state index contributed by atoms with van der Waals surface area (Å²) >= 11 is 1.83. The number of fused-ring (bicyclic) bond motifs is 5. The Morgan fingerprint density at radius 1 is 0.535 bits per heavy atom. The van der Waals surface area contributed by atoms with E-state index in [0.29, 0.717) is 0 Å². The lowest BCUT2D eigenvalue weighted by Gasteiger charge is -2.16. The van der Waals surface area contributed by atoms with Crippen molar-refractivity contribution >= 4 is 71.9 Å². The second-order valence-electron chi connectivity index (χ2n) is 10.9. The smallest absolute Gasteiger partial charge is 0.0434 e. The molecule has 43 heavy (non-hydrogen) atoms. The molecule has 0 saturated carbocycles. The molecule has 0 spiro atoms. The van der Waals surface area contributed by atoms with Gasteiger partial charge >= 0.3 is 0 Å².